The van der Waals surface area contributed by atoms with E-state index in [0.717, 1.165) is 12.0 Å². The Morgan fingerprint density at radius 2 is 2.17 bits per heavy atom. The third-order valence-electron chi connectivity index (χ3n) is 1.57. The standard InChI is InChI=1S/C9H9NO.Rb/c1-2-7-3-4-8(6-10)9(11)5-7;/h3-5,11H,2H2,1H3;/q;+1/p-1. The van der Waals surface area contributed by atoms with Crippen LogP contribution in [0.3, 0.4) is 0 Å². The number of nitrogens with zero attached hydrogens (tertiary/aromatic N) is 1. The Morgan fingerprint density at radius 3 is 2.58 bits per heavy atom. The van der Waals surface area contributed by atoms with Gasteiger partial charge in [0.05, 0.1) is 6.07 Å². The Balaban J connectivity index is 0.00000121. The van der Waals surface area contributed by atoms with Gasteiger partial charge in [-0.3, -0.25) is 0 Å². The van der Waals surface area contributed by atoms with Crippen LogP contribution in [0, 0.1) is 11.3 Å². The van der Waals surface area contributed by atoms with E-state index in [1.165, 1.54) is 6.07 Å². The molecule has 0 fully saturated rings. The molecule has 1 aromatic rings. The second kappa shape index (κ2) is 5.88. The van der Waals surface area contributed by atoms with Gasteiger partial charge in [0.15, 0.2) is 0 Å². The van der Waals surface area contributed by atoms with Gasteiger partial charge >= 0.3 is 58.2 Å². The van der Waals surface area contributed by atoms with Crippen LogP contribution in [-0.4, -0.2) is 0 Å². The smallest absolute Gasteiger partial charge is 0.872 e. The Hall–Kier alpha value is 0.315. The largest absolute Gasteiger partial charge is 1.00 e. The van der Waals surface area contributed by atoms with E-state index >= 15 is 0 Å². The van der Waals surface area contributed by atoms with Crippen LogP contribution in [0.25, 0.3) is 0 Å². The zero-order valence-corrected chi connectivity index (χ0v) is 12.2. The molecule has 0 bridgehead atoms. The summed E-state index contributed by atoms with van der Waals surface area (Å²) >= 11 is 0. The Labute approximate surface area is 121 Å². The zero-order valence-electron chi connectivity index (χ0n) is 7.29. The predicted molar refractivity (Wildman–Crippen MR) is 40.0 cm³/mol. The second-order valence-corrected chi connectivity index (χ2v) is 2.30. The maximum absolute atomic E-state index is 11.0. The number of hydrogen-bond acceptors (Lipinski definition) is 2. The van der Waals surface area contributed by atoms with Crippen LogP contribution < -0.4 is 63.3 Å². The molecule has 0 radical (unpaired) electrons. The molecule has 0 aromatic heterocycles. The van der Waals surface area contributed by atoms with Crippen molar-refractivity contribution in [1.29, 1.82) is 5.26 Å². The fraction of sp³-hybridized carbons (Fsp3) is 0.222. The van der Waals surface area contributed by atoms with E-state index in [2.05, 4.69) is 0 Å². The van der Waals surface area contributed by atoms with Crippen molar-refractivity contribution >= 4 is 0 Å². The summed E-state index contributed by atoms with van der Waals surface area (Å²) in [5, 5.41) is 19.4. The summed E-state index contributed by atoms with van der Waals surface area (Å²) in [6.07, 6.45) is 0.834. The van der Waals surface area contributed by atoms with Crippen LogP contribution in [-0.2, 0) is 6.42 Å². The number of benzene rings is 1. The van der Waals surface area contributed by atoms with Gasteiger partial charge in [-0.2, -0.15) is 5.26 Å². The van der Waals surface area contributed by atoms with Gasteiger partial charge in [-0.05, 0) is 18.1 Å². The maximum atomic E-state index is 11.0. The maximum Gasteiger partial charge on any atom is 1.00 e. The summed E-state index contributed by atoms with van der Waals surface area (Å²) in [6, 6.07) is 6.72. The van der Waals surface area contributed by atoms with Gasteiger partial charge in [0.2, 0.25) is 0 Å². The molecule has 0 aliphatic carbocycles. The van der Waals surface area contributed by atoms with Crippen molar-refractivity contribution in [1.82, 2.24) is 0 Å². The third kappa shape index (κ3) is 2.99. The summed E-state index contributed by atoms with van der Waals surface area (Å²) in [5.74, 6) is -0.174. The SMILES string of the molecule is CCc1ccc(C#N)c([O-])c1.[Rb+]. The minimum Gasteiger partial charge on any atom is -0.872 e. The van der Waals surface area contributed by atoms with Crippen molar-refractivity contribution in [3.8, 4) is 11.8 Å². The van der Waals surface area contributed by atoms with E-state index < -0.39 is 0 Å². The van der Waals surface area contributed by atoms with Crippen LogP contribution in [0.5, 0.6) is 5.75 Å². The van der Waals surface area contributed by atoms with Gasteiger partial charge in [0.1, 0.15) is 0 Å². The molecule has 0 aliphatic rings. The molecule has 0 unspecified atom stereocenters. The van der Waals surface area contributed by atoms with E-state index in [4.69, 9.17) is 5.26 Å². The summed E-state index contributed by atoms with van der Waals surface area (Å²) in [6.45, 7) is 1.97. The van der Waals surface area contributed by atoms with Crippen molar-refractivity contribution in [2.75, 3.05) is 0 Å². The predicted octanol–water partition coefficient (Wildman–Crippen LogP) is -1.80. The minimum atomic E-state index is -0.174. The quantitative estimate of drug-likeness (QED) is 0.573. The summed E-state index contributed by atoms with van der Waals surface area (Å²) in [4.78, 5) is 0. The molecule has 2 nitrogen and oxygen atoms in total. The first-order valence-electron chi connectivity index (χ1n) is 3.48. The van der Waals surface area contributed by atoms with Gasteiger partial charge < -0.3 is 5.11 Å². The minimum absolute atomic E-state index is 0. The van der Waals surface area contributed by atoms with Gasteiger partial charge in [-0.1, -0.05) is 24.8 Å². The molecular weight excluding hydrogens is 224 g/mol. The molecule has 1 rings (SSSR count). The molecular formula is C9H8NORb. The van der Waals surface area contributed by atoms with E-state index in [1.807, 2.05) is 13.0 Å². The molecule has 0 aliphatic heterocycles. The van der Waals surface area contributed by atoms with Crippen LogP contribution in [0.4, 0.5) is 0 Å². The number of aryl methyl sites for hydroxylation is 1. The van der Waals surface area contributed by atoms with Crippen LogP contribution in [0.2, 0.25) is 0 Å². The molecule has 0 saturated heterocycles. The molecule has 0 amide bonds. The molecule has 0 N–H and O–H groups in total. The molecule has 0 heterocycles. The van der Waals surface area contributed by atoms with E-state index in [-0.39, 0.29) is 69.5 Å². The summed E-state index contributed by atoms with van der Waals surface area (Å²) in [5.41, 5.74) is 1.20. The first-order valence-corrected chi connectivity index (χ1v) is 3.48. The number of hydrogen-bond donors (Lipinski definition) is 0. The molecule has 12 heavy (non-hydrogen) atoms. The third-order valence-corrected chi connectivity index (χ3v) is 1.57. The average molecular weight is 232 g/mol. The number of nitriles is 1. The number of rotatable bonds is 1. The van der Waals surface area contributed by atoms with Crippen LogP contribution >= 0.6 is 0 Å². The molecule has 3 heteroatoms. The second-order valence-electron chi connectivity index (χ2n) is 2.30. The van der Waals surface area contributed by atoms with Gasteiger partial charge in [0, 0.05) is 5.56 Å². The Kier molecular flexibility index (Phi) is 6.03. The topological polar surface area (TPSA) is 46.8 Å². The zero-order chi connectivity index (χ0) is 8.27. The van der Waals surface area contributed by atoms with Crippen molar-refractivity contribution in [2.45, 2.75) is 13.3 Å². The summed E-state index contributed by atoms with van der Waals surface area (Å²) in [7, 11) is 0. The van der Waals surface area contributed by atoms with Gasteiger partial charge in [-0.15, -0.1) is 0 Å². The van der Waals surface area contributed by atoms with Crippen LogP contribution in [0.15, 0.2) is 18.2 Å². The van der Waals surface area contributed by atoms with Crippen molar-refractivity contribution in [3.05, 3.63) is 29.3 Å². The van der Waals surface area contributed by atoms with E-state index in [0.29, 0.717) is 0 Å². The van der Waals surface area contributed by atoms with Gasteiger partial charge in [0.25, 0.3) is 0 Å². The van der Waals surface area contributed by atoms with Gasteiger partial charge in [-0.25, -0.2) is 0 Å². The normalized spacial score (nSPS) is 8.33. The van der Waals surface area contributed by atoms with Crippen LogP contribution in [0.1, 0.15) is 18.1 Å². The molecule has 0 atom stereocenters. The molecule has 1 aromatic carbocycles. The first-order chi connectivity index (χ1) is 5.27. The Morgan fingerprint density at radius 1 is 1.50 bits per heavy atom. The van der Waals surface area contributed by atoms with Crippen molar-refractivity contribution in [3.63, 3.8) is 0 Å². The fourth-order valence-electron chi connectivity index (χ4n) is 0.879. The monoisotopic (exact) mass is 231 g/mol. The molecule has 0 saturated carbocycles. The molecule has 0 spiro atoms. The van der Waals surface area contributed by atoms with E-state index in [9.17, 15) is 5.11 Å². The molecule has 56 valence electrons. The summed E-state index contributed by atoms with van der Waals surface area (Å²) < 4.78 is 0. The Bertz CT molecular complexity index is 304. The van der Waals surface area contributed by atoms with E-state index in [1.54, 1.807) is 12.1 Å². The van der Waals surface area contributed by atoms with Crippen molar-refractivity contribution < 1.29 is 63.3 Å². The average Bonchev–Trinajstić information content (AvgIpc) is 2.04. The van der Waals surface area contributed by atoms with Crippen molar-refractivity contribution in [2.24, 2.45) is 0 Å². The fourth-order valence-corrected chi connectivity index (χ4v) is 0.879. The first kappa shape index (κ1) is 12.3.